The van der Waals surface area contributed by atoms with Crippen molar-refractivity contribution in [2.24, 2.45) is 0 Å². The van der Waals surface area contributed by atoms with Crippen LogP contribution in [0.25, 0.3) is 0 Å². The van der Waals surface area contributed by atoms with Crippen LogP contribution in [0.2, 0.25) is 0 Å². The number of H-pyrrole nitrogens is 1. The van der Waals surface area contributed by atoms with Gasteiger partial charge in [-0.15, -0.1) is 0 Å². The van der Waals surface area contributed by atoms with Crippen LogP contribution in [-0.4, -0.2) is 36.2 Å². The number of nitrogens with one attached hydrogen (secondary N) is 1. The molecule has 5 nitrogen and oxygen atoms in total. The van der Waals surface area contributed by atoms with Gasteiger partial charge in [0, 0.05) is 0 Å². The van der Waals surface area contributed by atoms with Gasteiger partial charge in [-0.3, -0.25) is 5.10 Å². The maximum Gasteiger partial charge on any atom is 0.156 e. The van der Waals surface area contributed by atoms with Crippen LogP contribution in [0.4, 0.5) is 0 Å². The Kier molecular flexibility index (Phi) is 2.45. The molecular weight excluding hydrogens is 204 g/mol. The number of hydrogen-bond donors (Lipinski definition) is 1. The minimum absolute atomic E-state index is 0.238. The SMILES string of the molecule is O=S1(=O)CCCC1COc1cn[nH]c1. The lowest BCUT2D eigenvalue weighted by atomic mass is 10.3. The predicted molar refractivity (Wildman–Crippen MR) is 50.9 cm³/mol. The Balaban J connectivity index is 1.93. The van der Waals surface area contributed by atoms with Gasteiger partial charge in [0.25, 0.3) is 0 Å². The lowest BCUT2D eigenvalue weighted by Gasteiger charge is -2.09. The smallest absolute Gasteiger partial charge is 0.156 e. The summed E-state index contributed by atoms with van der Waals surface area (Å²) in [4.78, 5) is 0. The molecule has 2 heterocycles. The summed E-state index contributed by atoms with van der Waals surface area (Å²) in [5, 5.41) is 5.97. The van der Waals surface area contributed by atoms with Crippen molar-refractivity contribution in [3.05, 3.63) is 12.4 Å². The third kappa shape index (κ3) is 1.89. The van der Waals surface area contributed by atoms with Crippen LogP contribution in [0, 0.1) is 0 Å². The van der Waals surface area contributed by atoms with Crippen molar-refractivity contribution in [3.8, 4) is 5.75 Å². The topological polar surface area (TPSA) is 72.1 Å². The second kappa shape index (κ2) is 3.61. The first-order valence-electron chi connectivity index (χ1n) is 4.51. The van der Waals surface area contributed by atoms with E-state index in [1.165, 1.54) is 6.20 Å². The van der Waals surface area contributed by atoms with Crippen molar-refractivity contribution in [3.63, 3.8) is 0 Å². The van der Waals surface area contributed by atoms with Gasteiger partial charge in [-0.2, -0.15) is 5.10 Å². The molecule has 14 heavy (non-hydrogen) atoms. The van der Waals surface area contributed by atoms with Gasteiger partial charge in [0.05, 0.1) is 23.4 Å². The number of hydrogen-bond acceptors (Lipinski definition) is 4. The second-order valence-corrected chi connectivity index (χ2v) is 5.78. The largest absolute Gasteiger partial charge is 0.489 e. The second-order valence-electron chi connectivity index (χ2n) is 3.38. The molecular formula is C8H12N2O3S. The molecule has 0 spiro atoms. The van der Waals surface area contributed by atoms with Gasteiger partial charge >= 0.3 is 0 Å². The fourth-order valence-electron chi connectivity index (χ4n) is 1.55. The van der Waals surface area contributed by atoms with Crippen LogP contribution in [0.15, 0.2) is 12.4 Å². The first-order chi connectivity index (χ1) is 6.68. The standard InChI is InChI=1S/C8H12N2O3S/c11-14(12)3-1-2-8(14)6-13-7-4-9-10-5-7/h4-5,8H,1-3,6H2,(H,9,10). The van der Waals surface area contributed by atoms with Crippen LogP contribution < -0.4 is 4.74 Å². The number of sulfone groups is 1. The number of aromatic amines is 1. The van der Waals surface area contributed by atoms with E-state index in [0.29, 0.717) is 17.9 Å². The molecule has 1 atom stereocenters. The van der Waals surface area contributed by atoms with Crippen LogP contribution in [0.5, 0.6) is 5.75 Å². The van der Waals surface area contributed by atoms with E-state index in [2.05, 4.69) is 10.2 Å². The van der Waals surface area contributed by atoms with E-state index in [1.54, 1.807) is 6.20 Å². The average molecular weight is 216 g/mol. The quantitative estimate of drug-likeness (QED) is 0.792. The van der Waals surface area contributed by atoms with Gasteiger partial charge in [-0.25, -0.2) is 8.42 Å². The molecule has 1 aromatic heterocycles. The Hall–Kier alpha value is -1.04. The van der Waals surface area contributed by atoms with Gasteiger partial charge < -0.3 is 4.74 Å². The number of nitrogens with zero attached hydrogens (tertiary/aromatic N) is 1. The zero-order valence-electron chi connectivity index (χ0n) is 7.64. The highest BCUT2D eigenvalue weighted by Gasteiger charge is 2.31. The van der Waals surface area contributed by atoms with Gasteiger partial charge in [-0.05, 0) is 12.8 Å². The summed E-state index contributed by atoms with van der Waals surface area (Å²) in [5.74, 6) is 0.888. The van der Waals surface area contributed by atoms with Gasteiger partial charge in [0.2, 0.25) is 0 Å². The van der Waals surface area contributed by atoms with E-state index in [0.717, 1.165) is 6.42 Å². The molecule has 78 valence electrons. The van der Waals surface area contributed by atoms with Crippen molar-refractivity contribution in [1.82, 2.24) is 10.2 Å². The molecule has 0 aliphatic carbocycles. The Morgan fingerprint density at radius 1 is 1.64 bits per heavy atom. The Labute approximate surface area is 82.4 Å². The zero-order chi connectivity index (χ0) is 10.0. The van der Waals surface area contributed by atoms with Crippen LogP contribution in [0.3, 0.4) is 0 Å². The van der Waals surface area contributed by atoms with E-state index in [4.69, 9.17) is 4.74 Å². The predicted octanol–water partition coefficient (Wildman–Crippen LogP) is 0.366. The van der Waals surface area contributed by atoms with E-state index in [-0.39, 0.29) is 11.9 Å². The molecule has 6 heteroatoms. The molecule has 1 fully saturated rings. The summed E-state index contributed by atoms with van der Waals surface area (Å²) in [6.45, 7) is 0.238. The Morgan fingerprint density at radius 3 is 3.07 bits per heavy atom. The van der Waals surface area contributed by atoms with Crippen molar-refractivity contribution >= 4 is 9.84 Å². The van der Waals surface area contributed by atoms with E-state index >= 15 is 0 Å². The first-order valence-corrected chi connectivity index (χ1v) is 6.23. The maximum atomic E-state index is 11.4. The summed E-state index contributed by atoms with van der Waals surface area (Å²) in [5.41, 5.74) is 0. The van der Waals surface area contributed by atoms with Gasteiger partial charge in [0.1, 0.15) is 6.61 Å². The normalized spacial score (nSPS) is 25.0. The highest BCUT2D eigenvalue weighted by Crippen LogP contribution is 2.20. The molecule has 1 aliphatic rings. The molecule has 0 amide bonds. The van der Waals surface area contributed by atoms with Gasteiger partial charge in [0.15, 0.2) is 15.6 Å². The maximum absolute atomic E-state index is 11.4. The monoisotopic (exact) mass is 216 g/mol. The minimum Gasteiger partial charge on any atom is -0.489 e. The zero-order valence-corrected chi connectivity index (χ0v) is 8.46. The third-order valence-electron chi connectivity index (χ3n) is 2.37. The lowest BCUT2D eigenvalue weighted by Crippen LogP contribution is -2.23. The van der Waals surface area contributed by atoms with Crippen molar-refractivity contribution in [2.45, 2.75) is 18.1 Å². The van der Waals surface area contributed by atoms with E-state index in [9.17, 15) is 8.42 Å². The molecule has 0 radical (unpaired) electrons. The van der Waals surface area contributed by atoms with Crippen molar-refractivity contribution < 1.29 is 13.2 Å². The molecule has 0 saturated carbocycles. The number of aromatic nitrogens is 2. The van der Waals surface area contributed by atoms with E-state index < -0.39 is 9.84 Å². The number of rotatable bonds is 3. The summed E-state index contributed by atoms with van der Waals surface area (Å²) < 4.78 is 28.1. The van der Waals surface area contributed by atoms with Crippen LogP contribution in [0.1, 0.15) is 12.8 Å². The molecule has 2 rings (SSSR count). The highest BCUT2D eigenvalue weighted by atomic mass is 32.2. The molecule has 1 unspecified atom stereocenters. The summed E-state index contributed by atoms with van der Waals surface area (Å²) >= 11 is 0. The molecule has 0 bridgehead atoms. The molecule has 1 aromatic rings. The molecule has 1 saturated heterocycles. The van der Waals surface area contributed by atoms with E-state index in [1.807, 2.05) is 0 Å². The lowest BCUT2D eigenvalue weighted by molar-refractivity contribution is 0.311. The number of ether oxygens (including phenoxy) is 1. The van der Waals surface area contributed by atoms with Gasteiger partial charge in [-0.1, -0.05) is 0 Å². The summed E-state index contributed by atoms with van der Waals surface area (Å²) in [7, 11) is -2.90. The molecule has 1 N–H and O–H groups in total. The minimum atomic E-state index is -2.90. The summed E-state index contributed by atoms with van der Waals surface area (Å²) in [6.07, 6.45) is 4.59. The summed E-state index contributed by atoms with van der Waals surface area (Å²) in [6, 6.07) is 0. The first kappa shape index (κ1) is 9.51. The Bertz CT molecular complexity index is 385. The third-order valence-corrected chi connectivity index (χ3v) is 4.62. The van der Waals surface area contributed by atoms with Crippen LogP contribution in [-0.2, 0) is 9.84 Å². The van der Waals surface area contributed by atoms with Crippen molar-refractivity contribution in [2.75, 3.05) is 12.4 Å². The highest BCUT2D eigenvalue weighted by molar-refractivity contribution is 7.92. The Morgan fingerprint density at radius 2 is 2.50 bits per heavy atom. The molecule has 0 aromatic carbocycles. The van der Waals surface area contributed by atoms with Crippen LogP contribution >= 0.6 is 0 Å². The van der Waals surface area contributed by atoms with Crippen molar-refractivity contribution in [1.29, 1.82) is 0 Å². The molecule has 1 aliphatic heterocycles. The average Bonchev–Trinajstić information content (AvgIpc) is 2.71. The fourth-order valence-corrected chi connectivity index (χ4v) is 3.26. The fraction of sp³-hybridized carbons (Fsp3) is 0.625.